The zero-order valence-corrected chi connectivity index (χ0v) is 13.4. The molecule has 0 aliphatic carbocycles. The Hall–Kier alpha value is -3.29. The largest absolute Gasteiger partial charge is 0.356 e. The van der Waals surface area contributed by atoms with Gasteiger partial charge in [0, 0.05) is 49.1 Å². The number of nitro groups is 1. The van der Waals surface area contributed by atoms with Gasteiger partial charge < -0.3 is 9.09 Å². The quantitative estimate of drug-likeness (QED) is 0.269. The Bertz CT molecular complexity index is 853. The van der Waals surface area contributed by atoms with Crippen LogP contribution in [0.5, 0.6) is 0 Å². The van der Waals surface area contributed by atoms with Crippen LogP contribution in [0.25, 0.3) is 11.3 Å². The lowest BCUT2D eigenvalue weighted by Gasteiger charge is -2.00. The highest BCUT2D eigenvalue weighted by atomic mass is 16.6. The zero-order chi connectivity index (χ0) is 17.6. The van der Waals surface area contributed by atoms with Crippen LogP contribution < -0.4 is 0 Å². The summed E-state index contributed by atoms with van der Waals surface area (Å²) >= 11 is 0. The van der Waals surface area contributed by atoms with E-state index in [0.717, 1.165) is 19.4 Å². The number of nitro benzene ring substituents is 1. The number of hydrogen-bond acceptors (Lipinski definition) is 6. The summed E-state index contributed by atoms with van der Waals surface area (Å²) < 4.78 is 7.15. The molecule has 0 radical (unpaired) electrons. The number of unbranched alkanes of at least 4 members (excludes halogenated alkanes) is 1. The van der Waals surface area contributed by atoms with Crippen LogP contribution in [0.1, 0.15) is 29.8 Å². The Morgan fingerprint density at radius 3 is 2.72 bits per heavy atom. The molecule has 128 valence electrons. The molecule has 0 unspecified atom stereocenters. The summed E-state index contributed by atoms with van der Waals surface area (Å²) in [5.74, 6) is 0.333. The number of non-ortho nitro benzene ring substituents is 1. The van der Waals surface area contributed by atoms with Gasteiger partial charge in [-0.05, 0) is 25.0 Å². The van der Waals surface area contributed by atoms with Gasteiger partial charge in [0.2, 0.25) is 0 Å². The molecule has 3 aromatic rings. The monoisotopic (exact) mass is 340 g/mol. The van der Waals surface area contributed by atoms with E-state index in [-0.39, 0.29) is 17.2 Å². The van der Waals surface area contributed by atoms with Crippen molar-refractivity contribution in [3.63, 3.8) is 0 Å². The molecule has 3 rings (SSSR count). The van der Waals surface area contributed by atoms with Crippen LogP contribution in [0.3, 0.4) is 0 Å². The van der Waals surface area contributed by atoms with Gasteiger partial charge in [0.25, 0.3) is 5.69 Å². The molecule has 8 heteroatoms. The number of hydrogen-bond donors (Lipinski definition) is 0. The molecule has 1 aromatic carbocycles. The maximum Gasteiger partial charge on any atom is 0.269 e. The summed E-state index contributed by atoms with van der Waals surface area (Å²) in [7, 11) is 0. The second-order valence-electron chi connectivity index (χ2n) is 5.56. The molecule has 0 atom stereocenters. The number of ketones is 1. The Labute approximate surface area is 143 Å². The summed E-state index contributed by atoms with van der Waals surface area (Å²) in [4.78, 5) is 26.3. The molecule has 0 aliphatic heterocycles. The normalized spacial score (nSPS) is 10.7. The highest BCUT2D eigenvalue weighted by Gasteiger charge is 2.14. The summed E-state index contributed by atoms with van der Waals surface area (Å²) in [6.45, 7) is 0.820. The van der Waals surface area contributed by atoms with Crippen LogP contribution >= 0.6 is 0 Å². The Balaban J connectivity index is 1.55. The highest BCUT2D eigenvalue weighted by molar-refractivity contribution is 5.94. The number of benzene rings is 1. The lowest BCUT2D eigenvalue weighted by molar-refractivity contribution is -0.384. The van der Waals surface area contributed by atoms with E-state index >= 15 is 0 Å². The maximum absolute atomic E-state index is 12.2. The number of aryl methyl sites for hydroxylation is 1. The number of aromatic nitrogens is 3. The number of nitrogens with zero attached hydrogens (tertiary/aromatic N) is 4. The molecule has 0 amide bonds. The van der Waals surface area contributed by atoms with Crippen LogP contribution in [-0.2, 0) is 6.54 Å². The van der Waals surface area contributed by atoms with E-state index in [0.29, 0.717) is 17.7 Å². The van der Waals surface area contributed by atoms with E-state index < -0.39 is 4.92 Å². The van der Waals surface area contributed by atoms with Gasteiger partial charge in [-0.1, -0.05) is 5.16 Å². The first-order chi connectivity index (χ1) is 12.1. The first-order valence-corrected chi connectivity index (χ1v) is 7.84. The first kappa shape index (κ1) is 16.6. The van der Waals surface area contributed by atoms with Gasteiger partial charge in [-0.2, -0.15) is 0 Å². The van der Waals surface area contributed by atoms with Crippen LogP contribution in [0.2, 0.25) is 0 Å². The van der Waals surface area contributed by atoms with Crippen LogP contribution in [0, 0.1) is 10.1 Å². The fourth-order valence-electron chi connectivity index (χ4n) is 2.42. The van der Waals surface area contributed by atoms with Gasteiger partial charge in [0.15, 0.2) is 11.5 Å². The number of carbonyl (C=O) groups is 1. The minimum absolute atomic E-state index is 0.00235. The molecule has 0 aliphatic rings. The lowest BCUT2D eigenvalue weighted by Crippen LogP contribution is -2.01. The van der Waals surface area contributed by atoms with Crippen molar-refractivity contribution >= 4 is 11.5 Å². The molecular weight excluding hydrogens is 324 g/mol. The van der Waals surface area contributed by atoms with Crippen molar-refractivity contribution in [2.75, 3.05) is 0 Å². The van der Waals surface area contributed by atoms with E-state index in [9.17, 15) is 14.9 Å². The topological polar surface area (TPSA) is 104 Å². The molecular formula is C17H16N4O4. The SMILES string of the molecule is O=C(CCCCn1ccnc1)c1cc(-c2ccc([N+](=O)[O-])cc2)on1. The van der Waals surface area contributed by atoms with Gasteiger partial charge >= 0.3 is 0 Å². The third-order valence-electron chi connectivity index (χ3n) is 3.79. The van der Waals surface area contributed by atoms with Crippen molar-refractivity contribution in [1.82, 2.24) is 14.7 Å². The van der Waals surface area contributed by atoms with E-state index in [1.54, 1.807) is 30.7 Å². The van der Waals surface area contributed by atoms with Gasteiger partial charge in [-0.15, -0.1) is 0 Å². The van der Waals surface area contributed by atoms with Crippen molar-refractivity contribution in [2.24, 2.45) is 0 Å². The third kappa shape index (κ3) is 4.17. The number of carbonyl (C=O) groups excluding carboxylic acids is 1. The molecule has 8 nitrogen and oxygen atoms in total. The van der Waals surface area contributed by atoms with E-state index in [4.69, 9.17) is 4.52 Å². The minimum atomic E-state index is -0.469. The van der Waals surface area contributed by atoms with Gasteiger partial charge in [-0.25, -0.2) is 4.98 Å². The summed E-state index contributed by atoms with van der Waals surface area (Å²) in [6.07, 6.45) is 7.36. The van der Waals surface area contributed by atoms with Crippen LogP contribution in [0.4, 0.5) is 5.69 Å². The van der Waals surface area contributed by atoms with E-state index in [1.165, 1.54) is 12.1 Å². The van der Waals surface area contributed by atoms with Crippen molar-refractivity contribution in [3.05, 3.63) is 64.9 Å². The second kappa shape index (κ2) is 7.52. The van der Waals surface area contributed by atoms with Crippen molar-refractivity contribution in [2.45, 2.75) is 25.8 Å². The fraction of sp³-hybridized carbons (Fsp3) is 0.235. The molecule has 25 heavy (non-hydrogen) atoms. The predicted octanol–water partition coefficient (Wildman–Crippen LogP) is 3.50. The van der Waals surface area contributed by atoms with Crippen molar-refractivity contribution < 1.29 is 14.2 Å². The van der Waals surface area contributed by atoms with E-state index in [2.05, 4.69) is 10.1 Å². The number of Topliss-reactive ketones (excluding diaryl/α,β-unsaturated/α-hetero) is 1. The number of imidazole rings is 1. The Morgan fingerprint density at radius 1 is 1.24 bits per heavy atom. The Morgan fingerprint density at radius 2 is 2.04 bits per heavy atom. The molecule has 0 fully saturated rings. The van der Waals surface area contributed by atoms with Crippen LogP contribution in [-0.4, -0.2) is 25.4 Å². The maximum atomic E-state index is 12.2. The van der Waals surface area contributed by atoms with Crippen LogP contribution in [0.15, 0.2) is 53.6 Å². The van der Waals surface area contributed by atoms with E-state index in [1.807, 2.05) is 10.8 Å². The molecule has 2 aromatic heterocycles. The molecule has 0 spiro atoms. The third-order valence-corrected chi connectivity index (χ3v) is 3.79. The average Bonchev–Trinajstić information content (AvgIpc) is 3.30. The molecule has 2 heterocycles. The molecule has 0 saturated carbocycles. The second-order valence-corrected chi connectivity index (χ2v) is 5.56. The lowest BCUT2D eigenvalue weighted by atomic mass is 10.1. The molecule has 0 bridgehead atoms. The Kier molecular flexibility index (Phi) is 4.98. The molecule has 0 saturated heterocycles. The van der Waals surface area contributed by atoms with Crippen molar-refractivity contribution in [1.29, 1.82) is 0 Å². The summed E-state index contributed by atoms with van der Waals surface area (Å²) in [5.41, 5.74) is 0.908. The minimum Gasteiger partial charge on any atom is -0.356 e. The predicted molar refractivity (Wildman–Crippen MR) is 89.0 cm³/mol. The fourth-order valence-corrected chi connectivity index (χ4v) is 2.42. The van der Waals surface area contributed by atoms with Crippen molar-refractivity contribution in [3.8, 4) is 11.3 Å². The summed E-state index contributed by atoms with van der Waals surface area (Å²) in [5, 5.41) is 14.5. The highest BCUT2D eigenvalue weighted by Crippen LogP contribution is 2.23. The standard InChI is InChI=1S/C17H16N4O4/c22-16(3-1-2-9-20-10-8-18-12-20)15-11-17(25-19-15)13-4-6-14(7-5-13)21(23)24/h4-8,10-12H,1-3,9H2. The molecule has 0 N–H and O–H groups in total. The average molecular weight is 340 g/mol. The number of rotatable bonds is 8. The van der Waals surface area contributed by atoms with Gasteiger partial charge in [0.1, 0.15) is 5.69 Å². The zero-order valence-electron chi connectivity index (χ0n) is 13.4. The summed E-state index contributed by atoms with van der Waals surface area (Å²) in [6, 6.07) is 7.47. The first-order valence-electron chi connectivity index (χ1n) is 7.84. The smallest absolute Gasteiger partial charge is 0.269 e. The van der Waals surface area contributed by atoms with Gasteiger partial charge in [0.05, 0.1) is 11.3 Å². The van der Waals surface area contributed by atoms with Gasteiger partial charge in [-0.3, -0.25) is 14.9 Å².